The van der Waals surface area contributed by atoms with E-state index >= 15 is 0 Å². The monoisotopic (exact) mass is 430 g/mol. The van der Waals surface area contributed by atoms with Gasteiger partial charge in [0.1, 0.15) is 0 Å². The molecule has 0 aliphatic heterocycles. The van der Waals surface area contributed by atoms with Gasteiger partial charge in [-0.05, 0) is 0 Å². The molecule has 2 radical (unpaired) electrons. The van der Waals surface area contributed by atoms with Gasteiger partial charge in [-0.1, -0.05) is 0 Å². The molecule has 10 heteroatoms. The van der Waals surface area contributed by atoms with Crippen molar-refractivity contribution in [3.05, 3.63) is 19.6 Å². The van der Waals surface area contributed by atoms with Crippen molar-refractivity contribution in [3.63, 3.8) is 0 Å². The van der Waals surface area contributed by atoms with Crippen LogP contribution in [0.4, 0.5) is 0 Å². The van der Waals surface area contributed by atoms with Gasteiger partial charge in [0.15, 0.2) is 0 Å². The van der Waals surface area contributed by atoms with Gasteiger partial charge in [-0.3, -0.25) is 0 Å². The zero-order valence-electron chi connectivity index (χ0n) is 8.38. The molecule has 0 aliphatic rings. The second kappa shape index (κ2) is 16.5. The third-order valence-corrected chi connectivity index (χ3v) is 2.26. The molecule has 0 N–H and O–H groups in total. The predicted molar refractivity (Wildman–Crippen MR) is 77.6 cm³/mol. The molecule has 90 valence electrons. The molecule has 0 spiro atoms. The Morgan fingerprint density at radius 1 is 0.611 bits per heavy atom. The molecule has 0 rings (SSSR count). The Kier molecular flexibility index (Phi) is 20.7. The molecule has 0 aliphatic carbocycles. The van der Waals surface area contributed by atoms with Gasteiger partial charge in [0.25, 0.3) is 0 Å². The average molecular weight is 431 g/mol. The summed E-state index contributed by atoms with van der Waals surface area (Å²) in [4.78, 5) is -0.435. The fourth-order valence-corrected chi connectivity index (χ4v) is 0.386. The first kappa shape index (κ1) is 22.6. The van der Waals surface area contributed by atoms with Crippen LogP contribution in [0.2, 0.25) is 0 Å². The minimum absolute atomic E-state index is 0.109. The van der Waals surface area contributed by atoms with E-state index in [2.05, 4.69) is 50.5 Å². The van der Waals surface area contributed by atoms with Gasteiger partial charge in [-0.25, -0.2) is 0 Å². The normalized spacial score (nSPS) is 9.83. The molecule has 0 aromatic carbocycles. The molecule has 0 amide bonds. The van der Waals surface area contributed by atoms with Crippen LogP contribution < -0.4 is 0 Å². The maximum atomic E-state index is 8.01. The van der Waals surface area contributed by atoms with Gasteiger partial charge >= 0.3 is 31.8 Å². The molecule has 0 saturated heterocycles. The Hall–Kier alpha value is -0.520. The Morgan fingerprint density at radius 2 is 0.722 bits per heavy atom. The van der Waals surface area contributed by atoms with Crippen LogP contribution in [0.15, 0.2) is 19.6 Å². The molecule has 0 unspecified atom stereocenters. The minimum atomic E-state index is -0.109. The van der Waals surface area contributed by atoms with Crippen LogP contribution in [0.5, 0.6) is 0 Å². The van der Waals surface area contributed by atoms with Crippen LogP contribution in [0, 0.1) is 45.3 Å². The summed E-state index contributed by atoms with van der Waals surface area (Å²) in [6.45, 7) is 0. The van der Waals surface area contributed by atoms with Crippen molar-refractivity contribution >= 4 is 82.3 Å². The number of hydrogen-bond donors (Lipinski definition) is 0. The molecule has 0 aromatic rings. The first-order valence-corrected chi connectivity index (χ1v) is 9.24. The molecule has 0 heterocycles. The van der Waals surface area contributed by atoms with Crippen LogP contribution in [-0.4, -0.2) is 23.2 Å². The van der Waals surface area contributed by atoms with Crippen molar-refractivity contribution in [1.82, 2.24) is 0 Å². The second-order valence-corrected chi connectivity index (χ2v) is 3.40. The van der Waals surface area contributed by atoms with E-state index in [0.29, 0.717) is 0 Å². The van der Waals surface area contributed by atoms with Crippen LogP contribution in [-0.2, 0) is 50.5 Å². The first-order valence-electron chi connectivity index (χ1n) is 3.43. The maximum absolute atomic E-state index is 8.01. The van der Waals surface area contributed by atoms with Gasteiger partial charge in [0, 0.05) is 0 Å². The topological polar surface area (TPSA) is 95.2 Å². The zero-order chi connectivity index (χ0) is 15.1. The number of halogens is 1. The van der Waals surface area contributed by atoms with E-state index < -0.39 is 0 Å². The Morgan fingerprint density at radius 3 is 0.778 bits per heavy atom. The number of nitriles is 4. The van der Waals surface area contributed by atoms with E-state index in [1.807, 2.05) is 0 Å². The Balaban J connectivity index is -0.000000219. The van der Waals surface area contributed by atoms with Crippen molar-refractivity contribution in [3.8, 4) is 24.3 Å². The van der Waals surface area contributed by atoms with E-state index in [1.54, 1.807) is 24.3 Å². The van der Waals surface area contributed by atoms with Crippen molar-refractivity contribution in [2.45, 2.75) is 0 Å². The quantitative estimate of drug-likeness (QED) is 0.415. The zero-order valence-corrected chi connectivity index (χ0v) is 15.7. The van der Waals surface area contributed by atoms with E-state index in [-0.39, 0.29) is 19.6 Å². The molecule has 0 fully saturated rings. The summed E-state index contributed by atoms with van der Waals surface area (Å²) in [6.07, 6.45) is 0. The van der Waals surface area contributed by atoms with Gasteiger partial charge < -0.3 is 50.5 Å². The van der Waals surface area contributed by atoms with Crippen LogP contribution in [0.25, 0.3) is 0 Å². The van der Waals surface area contributed by atoms with E-state index in [9.17, 15) is 0 Å². The van der Waals surface area contributed by atoms with Gasteiger partial charge in [-0.15, -0.1) is 19.6 Å². The molecule has 0 aromatic heterocycles. The predicted octanol–water partition coefficient (Wildman–Crippen LogP) is 0.987. The summed E-state index contributed by atoms with van der Waals surface area (Å²) in [7, 11) is 4.77. The van der Waals surface area contributed by atoms with Crippen molar-refractivity contribution in [2.24, 2.45) is 0 Å². The SMILES string of the molecule is N#CC([S-])=C([S-])C#N.N#CC([S-])=C([S-])C#N.[Cl][In]. The number of rotatable bonds is 0. The summed E-state index contributed by atoms with van der Waals surface area (Å²) >= 11 is 18.2. The summed E-state index contributed by atoms with van der Waals surface area (Å²) in [5.74, 6) is 0. The van der Waals surface area contributed by atoms with E-state index in [4.69, 9.17) is 29.6 Å². The molecule has 18 heavy (non-hydrogen) atoms. The third kappa shape index (κ3) is 13.5. The first-order chi connectivity index (χ1) is 8.44. The molecule has 0 atom stereocenters. The van der Waals surface area contributed by atoms with Gasteiger partial charge in [0.2, 0.25) is 0 Å². The summed E-state index contributed by atoms with van der Waals surface area (Å²) in [5.41, 5.74) is 0. The molecular weight excluding hydrogens is 431 g/mol. The molecule has 0 bridgehead atoms. The van der Waals surface area contributed by atoms with Crippen molar-refractivity contribution < 1.29 is 0 Å². The van der Waals surface area contributed by atoms with Gasteiger partial charge in [-0.2, -0.15) is 21.0 Å². The van der Waals surface area contributed by atoms with Crippen LogP contribution >= 0.6 is 8.58 Å². The fraction of sp³-hybridized carbons (Fsp3) is 0. The van der Waals surface area contributed by atoms with Crippen molar-refractivity contribution in [2.75, 3.05) is 0 Å². The summed E-state index contributed by atoms with van der Waals surface area (Å²) in [5, 5.41) is 32.0. The van der Waals surface area contributed by atoms with E-state index in [1.165, 1.54) is 0 Å². The van der Waals surface area contributed by atoms with E-state index in [0.717, 1.165) is 23.2 Å². The Labute approximate surface area is 146 Å². The molecular formula is C8ClInN4S4-4. The third-order valence-electron chi connectivity index (χ3n) is 0.819. The standard InChI is InChI=1S/2C4H2N2S2.ClH.In/c2*5-1-3(7)4(8)2-6;;/h2*7-8H;1H;/q;;;+1/p-5. The number of nitrogens with zero attached hydrogens (tertiary/aromatic N) is 4. The second-order valence-electron chi connectivity index (χ2n) is 1.76. The molecule has 0 saturated carbocycles. The van der Waals surface area contributed by atoms with Crippen molar-refractivity contribution in [1.29, 1.82) is 21.0 Å². The number of hydrogen-bond acceptors (Lipinski definition) is 8. The average Bonchev–Trinajstić information content (AvgIpc) is 2.46. The molecule has 4 nitrogen and oxygen atoms in total. The number of allylic oxidation sites excluding steroid dienone is 4. The Bertz CT molecular complexity index is 399. The fourth-order valence-electron chi connectivity index (χ4n) is 0.203. The summed E-state index contributed by atoms with van der Waals surface area (Å²) < 4.78 is 0. The summed E-state index contributed by atoms with van der Waals surface area (Å²) in [6, 6.07) is 6.33. The van der Waals surface area contributed by atoms with Gasteiger partial charge in [0.05, 0.1) is 24.3 Å². The van der Waals surface area contributed by atoms with Crippen LogP contribution in [0.1, 0.15) is 0 Å². The van der Waals surface area contributed by atoms with Crippen LogP contribution in [0.3, 0.4) is 0 Å².